The molecule has 1 aromatic heterocycles. The van der Waals surface area contributed by atoms with Crippen LogP contribution in [0, 0.1) is 22.9 Å². The highest BCUT2D eigenvalue weighted by atomic mass is 19.1. The van der Waals surface area contributed by atoms with Crippen LogP contribution < -0.4 is 4.90 Å². The Morgan fingerprint density at radius 2 is 2.05 bits per heavy atom. The number of anilines is 1. The summed E-state index contributed by atoms with van der Waals surface area (Å²) in [4.78, 5) is 17.0. The second kappa shape index (κ2) is 4.28. The molecule has 1 unspecified atom stereocenters. The number of benzene rings is 1. The van der Waals surface area contributed by atoms with Crippen LogP contribution in [0.25, 0.3) is 11.3 Å². The highest BCUT2D eigenvalue weighted by molar-refractivity contribution is 5.87. The summed E-state index contributed by atoms with van der Waals surface area (Å²) in [7, 11) is 3.67. The maximum absolute atomic E-state index is 13.8. The first-order valence-corrected chi connectivity index (χ1v) is 6.57. The number of imidazole rings is 1. The zero-order chi connectivity index (χ0) is 15.5. The summed E-state index contributed by atoms with van der Waals surface area (Å²) < 4.78 is 15.7. The number of rotatable bonds is 1. The second-order valence-electron chi connectivity index (χ2n) is 5.32. The van der Waals surface area contributed by atoms with E-state index >= 15 is 0 Å². The fourth-order valence-electron chi connectivity index (χ4n) is 2.96. The number of nitrogens with zero attached hydrogens (tertiary/aromatic N) is 4. The van der Waals surface area contributed by atoms with Crippen LogP contribution >= 0.6 is 0 Å². The van der Waals surface area contributed by atoms with Gasteiger partial charge in [0.2, 0.25) is 0 Å². The van der Waals surface area contributed by atoms with Gasteiger partial charge < -0.3 is 9.47 Å². The molecule has 0 aliphatic carbocycles. The summed E-state index contributed by atoms with van der Waals surface area (Å²) in [5, 5.41) is 11.2. The largest absolute Gasteiger partial charge is 0.360 e. The first-order valence-electron chi connectivity index (χ1n) is 6.57. The molecule has 3 rings (SSSR count). The van der Waals surface area contributed by atoms with Crippen molar-refractivity contribution in [1.82, 2.24) is 9.55 Å². The maximum atomic E-state index is 13.8. The number of nitro groups is 1. The number of hydrogen-bond acceptors (Lipinski definition) is 4. The van der Waals surface area contributed by atoms with Crippen molar-refractivity contribution in [1.29, 1.82) is 0 Å². The number of hydrogen-bond donors (Lipinski definition) is 0. The minimum Gasteiger partial charge on any atom is -0.360 e. The Bertz CT molecular complexity index is 769. The number of nitro benzene ring substituents is 1. The average molecular weight is 290 g/mol. The zero-order valence-corrected chi connectivity index (χ0v) is 12.2. The van der Waals surface area contributed by atoms with Crippen LogP contribution in [0.2, 0.25) is 0 Å². The first-order chi connectivity index (χ1) is 9.82. The van der Waals surface area contributed by atoms with E-state index in [1.807, 2.05) is 25.5 Å². The van der Waals surface area contributed by atoms with Gasteiger partial charge in [-0.15, -0.1) is 0 Å². The van der Waals surface area contributed by atoms with Gasteiger partial charge in [0, 0.05) is 19.7 Å². The Labute approximate surface area is 121 Å². The van der Waals surface area contributed by atoms with Crippen LogP contribution in [0.5, 0.6) is 0 Å². The third-order valence-corrected chi connectivity index (χ3v) is 4.20. The SMILES string of the molecule is Cc1nc2c(n1C)C(C)N(C)c1c-2cc(F)cc1[N+](=O)[O-]. The van der Waals surface area contributed by atoms with Crippen molar-refractivity contribution in [2.24, 2.45) is 7.05 Å². The van der Waals surface area contributed by atoms with E-state index in [4.69, 9.17) is 0 Å². The van der Waals surface area contributed by atoms with E-state index in [2.05, 4.69) is 4.98 Å². The molecule has 7 heteroatoms. The van der Waals surface area contributed by atoms with Crippen molar-refractivity contribution in [2.45, 2.75) is 19.9 Å². The number of fused-ring (bicyclic) bond motifs is 3. The van der Waals surface area contributed by atoms with Crippen LogP contribution in [0.1, 0.15) is 24.5 Å². The van der Waals surface area contributed by atoms with E-state index in [-0.39, 0.29) is 11.7 Å². The smallest absolute Gasteiger partial charge is 0.296 e. The normalized spacial score (nSPS) is 16.6. The molecule has 2 heterocycles. The average Bonchev–Trinajstić information content (AvgIpc) is 2.71. The van der Waals surface area contributed by atoms with Crippen LogP contribution in [0.4, 0.5) is 15.8 Å². The molecule has 1 atom stereocenters. The molecule has 0 N–H and O–H groups in total. The highest BCUT2D eigenvalue weighted by Gasteiger charge is 2.36. The number of aryl methyl sites for hydroxylation is 1. The Morgan fingerprint density at radius 3 is 2.67 bits per heavy atom. The lowest BCUT2D eigenvalue weighted by atomic mass is 9.96. The molecule has 6 nitrogen and oxygen atoms in total. The van der Waals surface area contributed by atoms with Crippen LogP contribution in [0.15, 0.2) is 12.1 Å². The van der Waals surface area contributed by atoms with E-state index in [0.29, 0.717) is 16.9 Å². The maximum Gasteiger partial charge on any atom is 0.296 e. The van der Waals surface area contributed by atoms with Gasteiger partial charge in [0.15, 0.2) is 0 Å². The predicted octanol–water partition coefficient (Wildman–Crippen LogP) is 2.95. The Hall–Kier alpha value is -2.44. The van der Waals surface area contributed by atoms with Crippen LogP contribution in [0.3, 0.4) is 0 Å². The van der Waals surface area contributed by atoms with Gasteiger partial charge in [0.25, 0.3) is 5.69 Å². The molecule has 0 radical (unpaired) electrons. The van der Waals surface area contributed by atoms with Gasteiger partial charge in [-0.25, -0.2) is 9.37 Å². The van der Waals surface area contributed by atoms with Crippen molar-refractivity contribution in [3.8, 4) is 11.3 Å². The number of halogens is 1. The van der Waals surface area contributed by atoms with Crippen molar-refractivity contribution < 1.29 is 9.31 Å². The summed E-state index contributed by atoms with van der Waals surface area (Å²) in [6.45, 7) is 3.81. The fourth-order valence-corrected chi connectivity index (χ4v) is 2.96. The van der Waals surface area contributed by atoms with Crippen molar-refractivity contribution in [3.05, 3.63) is 39.6 Å². The molecule has 1 aliphatic rings. The minimum absolute atomic E-state index is 0.0807. The van der Waals surface area contributed by atoms with Gasteiger partial charge in [-0.3, -0.25) is 10.1 Å². The Balaban J connectivity index is 2.42. The van der Waals surface area contributed by atoms with Crippen LogP contribution in [-0.4, -0.2) is 21.5 Å². The van der Waals surface area contributed by atoms with Gasteiger partial charge in [0.1, 0.15) is 17.3 Å². The standard InChI is InChI=1S/C14H15FN4O2/c1-7-13-12(16-8(2)18(13)4)10-5-9(15)6-11(19(20)21)14(10)17(7)3/h5-7H,1-4H3. The van der Waals surface area contributed by atoms with Gasteiger partial charge in [0.05, 0.1) is 28.4 Å². The topological polar surface area (TPSA) is 64.2 Å². The fraction of sp³-hybridized carbons (Fsp3) is 0.357. The highest BCUT2D eigenvalue weighted by Crippen LogP contribution is 2.48. The van der Waals surface area contributed by atoms with Crippen molar-refractivity contribution >= 4 is 11.4 Å². The first kappa shape index (κ1) is 13.5. The molecule has 0 saturated carbocycles. The molecule has 0 amide bonds. The molecule has 0 fully saturated rings. The quantitative estimate of drug-likeness (QED) is 0.598. The summed E-state index contributed by atoms with van der Waals surface area (Å²) >= 11 is 0. The van der Waals surface area contributed by atoms with Gasteiger partial charge in [-0.05, 0) is 19.9 Å². The molecular weight excluding hydrogens is 275 g/mol. The van der Waals surface area contributed by atoms with Gasteiger partial charge in [-0.1, -0.05) is 0 Å². The van der Waals surface area contributed by atoms with E-state index in [1.165, 1.54) is 6.07 Å². The third kappa shape index (κ3) is 1.73. The Kier molecular flexibility index (Phi) is 2.76. The van der Waals surface area contributed by atoms with E-state index < -0.39 is 10.7 Å². The lowest BCUT2D eigenvalue weighted by Crippen LogP contribution is -2.28. The van der Waals surface area contributed by atoms with Crippen LogP contribution in [-0.2, 0) is 7.05 Å². The molecule has 0 saturated heterocycles. The molecule has 110 valence electrons. The number of aromatic nitrogens is 2. The monoisotopic (exact) mass is 290 g/mol. The molecule has 1 aliphatic heterocycles. The lowest BCUT2D eigenvalue weighted by molar-refractivity contribution is -0.384. The second-order valence-corrected chi connectivity index (χ2v) is 5.32. The van der Waals surface area contributed by atoms with Crippen molar-refractivity contribution in [3.63, 3.8) is 0 Å². The summed E-state index contributed by atoms with van der Waals surface area (Å²) in [6, 6.07) is 2.20. The summed E-state index contributed by atoms with van der Waals surface area (Å²) in [5.41, 5.74) is 2.22. The van der Waals surface area contributed by atoms with Crippen molar-refractivity contribution in [2.75, 3.05) is 11.9 Å². The van der Waals surface area contributed by atoms with E-state index in [1.54, 1.807) is 11.9 Å². The lowest BCUT2D eigenvalue weighted by Gasteiger charge is -2.33. The van der Waals surface area contributed by atoms with Gasteiger partial charge >= 0.3 is 0 Å². The predicted molar refractivity (Wildman–Crippen MR) is 76.8 cm³/mol. The van der Waals surface area contributed by atoms with E-state index in [0.717, 1.165) is 17.6 Å². The molecular formula is C14H15FN4O2. The van der Waals surface area contributed by atoms with E-state index in [9.17, 15) is 14.5 Å². The minimum atomic E-state index is -0.627. The molecule has 21 heavy (non-hydrogen) atoms. The Morgan fingerprint density at radius 1 is 1.38 bits per heavy atom. The third-order valence-electron chi connectivity index (χ3n) is 4.20. The summed E-state index contributed by atoms with van der Waals surface area (Å²) in [6.07, 6.45) is 0. The van der Waals surface area contributed by atoms with Gasteiger partial charge in [-0.2, -0.15) is 0 Å². The molecule has 0 spiro atoms. The summed E-state index contributed by atoms with van der Waals surface area (Å²) in [5.74, 6) is 0.165. The molecule has 2 aromatic rings. The molecule has 1 aromatic carbocycles. The zero-order valence-electron chi connectivity index (χ0n) is 12.2. The molecule has 0 bridgehead atoms.